The second-order valence-electron chi connectivity index (χ2n) is 5.20. The zero-order valence-corrected chi connectivity index (χ0v) is 11.9. The van der Waals surface area contributed by atoms with Crippen molar-refractivity contribution in [1.29, 1.82) is 0 Å². The minimum atomic E-state index is -0.292. The number of aromatic nitrogens is 2. The van der Waals surface area contributed by atoms with E-state index in [-0.39, 0.29) is 11.5 Å². The van der Waals surface area contributed by atoms with E-state index in [1.807, 2.05) is 4.90 Å². The highest BCUT2D eigenvalue weighted by Crippen LogP contribution is 2.10. The molecule has 0 bridgehead atoms. The standard InChI is InChI=1S/C14H22N4O2/c1-2-3-9-18(10-11-5-4-8-15-11)14(20)12-6-7-13(19)17-16-12/h6-7,11,15H,2-5,8-10H2,1H3,(H,17,19). The topological polar surface area (TPSA) is 78.1 Å². The molecule has 1 aromatic rings. The first-order chi connectivity index (χ1) is 9.70. The van der Waals surface area contributed by atoms with Crippen LogP contribution < -0.4 is 10.9 Å². The van der Waals surface area contributed by atoms with Gasteiger partial charge in [0.1, 0.15) is 5.69 Å². The summed E-state index contributed by atoms with van der Waals surface area (Å²) in [5, 5.41) is 9.56. The third-order valence-electron chi connectivity index (χ3n) is 3.57. The molecule has 110 valence electrons. The number of carbonyl (C=O) groups is 1. The molecule has 0 aliphatic carbocycles. The van der Waals surface area contributed by atoms with Gasteiger partial charge in [-0.1, -0.05) is 13.3 Å². The minimum Gasteiger partial charge on any atom is -0.336 e. The fraction of sp³-hybridized carbons (Fsp3) is 0.643. The molecule has 1 aliphatic rings. The molecule has 0 saturated carbocycles. The van der Waals surface area contributed by atoms with Gasteiger partial charge in [0, 0.05) is 25.2 Å². The van der Waals surface area contributed by atoms with Gasteiger partial charge in [-0.15, -0.1) is 0 Å². The molecule has 1 saturated heterocycles. The lowest BCUT2D eigenvalue weighted by Gasteiger charge is -2.25. The van der Waals surface area contributed by atoms with Gasteiger partial charge in [-0.05, 0) is 31.9 Å². The third-order valence-corrected chi connectivity index (χ3v) is 3.57. The predicted molar refractivity (Wildman–Crippen MR) is 76.7 cm³/mol. The van der Waals surface area contributed by atoms with E-state index in [1.165, 1.54) is 12.1 Å². The normalized spacial score (nSPS) is 18.1. The summed E-state index contributed by atoms with van der Waals surface area (Å²) in [6.45, 7) is 4.57. The average Bonchev–Trinajstić information content (AvgIpc) is 2.96. The van der Waals surface area contributed by atoms with Gasteiger partial charge in [0.25, 0.3) is 11.5 Å². The number of nitrogens with zero attached hydrogens (tertiary/aromatic N) is 2. The molecule has 20 heavy (non-hydrogen) atoms. The number of aromatic amines is 1. The van der Waals surface area contributed by atoms with E-state index in [4.69, 9.17) is 0 Å². The van der Waals surface area contributed by atoms with Gasteiger partial charge in [-0.25, -0.2) is 5.10 Å². The summed E-state index contributed by atoms with van der Waals surface area (Å²) in [6, 6.07) is 3.20. The highest BCUT2D eigenvalue weighted by Gasteiger charge is 2.22. The lowest BCUT2D eigenvalue weighted by atomic mass is 10.2. The number of rotatable bonds is 6. The summed E-state index contributed by atoms with van der Waals surface area (Å²) in [4.78, 5) is 25.3. The molecule has 0 radical (unpaired) electrons. The van der Waals surface area contributed by atoms with Crippen LogP contribution in [0.15, 0.2) is 16.9 Å². The fourth-order valence-corrected chi connectivity index (χ4v) is 2.43. The van der Waals surface area contributed by atoms with Crippen LogP contribution in [0.5, 0.6) is 0 Å². The Hall–Kier alpha value is -1.69. The summed E-state index contributed by atoms with van der Waals surface area (Å²) in [7, 11) is 0. The molecule has 6 nitrogen and oxygen atoms in total. The zero-order valence-electron chi connectivity index (χ0n) is 11.9. The van der Waals surface area contributed by atoms with Gasteiger partial charge in [-0.3, -0.25) is 9.59 Å². The Bertz CT molecular complexity index is 474. The van der Waals surface area contributed by atoms with E-state index >= 15 is 0 Å². The predicted octanol–water partition coefficient (Wildman–Crippen LogP) is 0.764. The van der Waals surface area contributed by atoms with E-state index in [1.54, 1.807) is 0 Å². The van der Waals surface area contributed by atoms with Gasteiger partial charge in [0.2, 0.25) is 0 Å². The van der Waals surface area contributed by atoms with Crippen LogP contribution in [-0.2, 0) is 0 Å². The van der Waals surface area contributed by atoms with Gasteiger partial charge < -0.3 is 10.2 Å². The molecule has 0 spiro atoms. The summed E-state index contributed by atoms with van der Waals surface area (Å²) in [6.07, 6.45) is 4.29. The Morgan fingerprint density at radius 1 is 1.50 bits per heavy atom. The summed E-state index contributed by atoms with van der Waals surface area (Å²) in [5.41, 5.74) is 0.0119. The highest BCUT2D eigenvalue weighted by molar-refractivity contribution is 5.92. The number of nitrogens with one attached hydrogen (secondary N) is 2. The molecule has 1 atom stereocenters. The molecule has 0 aromatic carbocycles. The van der Waals surface area contributed by atoms with E-state index in [0.29, 0.717) is 18.3 Å². The van der Waals surface area contributed by atoms with Gasteiger partial charge in [0.05, 0.1) is 0 Å². The fourth-order valence-electron chi connectivity index (χ4n) is 2.43. The second-order valence-corrected chi connectivity index (χ2v) is 5.20. The lowest BCUT2D eigenvalue weighted by Crippen LogP contribution is -2.42. The Labute approximate surface area is 118 Å². The monoisotopic (exact) mass is 278 g/mol. The molecule has 1 fully saturated rings. The summed E-state index contributed by atoms with van der Waals surface area (Å²) in [5.74, 6) is -0.108. The first kappa shape index (κ1) is 14.7. The number of amides is 1. The van der Waals surface area contributed by atoms with Crippen LogP contribution in [0.1, 0.15) is 43.1 Å². The minimum absolute atomic E-state index is 0.108. The average molecular weight is 278 g/mol. The van der Waals surface area contributed by atoms with Gasteiger partial charge >= 0.3 is 0 Å². The first-order valence-corrected chi connectivity index (χ1v) is 7.29. The van der Waals surface area contributed by atoms with Crippen LogP contribution in [0, 0.1) is 0 Å². The highest BCUT2D eigenvalue weighted by atomic mass is 16.2. The quantitative estimate of drug-likeness (QED) is 0.805. The third kappa shape index (κ3) is 3.90. The van der Waals surface area contributed by atoms with Crippen LogP contribution in [0.3, 0.4) is 0 Å². The van der Waals surface area contributed by atoms with Crippen molar-refractivity contribution >= 4 is 5.91 Å². The zero-order chi connectivity index (χ0) is 14.4. The molecule has 2 rings (SSSR count). The SMILES string of the molecule is CCCCN(CC1CCCN1)C(=O)c1ccc(=O)[nH]n1. The second kappa shape index (κ2) is 7.19. The molecule has 1 aromatic heterocycles. The van der Waals surface area contributed by atoms with Crippen molar-refractivity contribution < 1.29 is 4.79 Å². The Balaban J connectivity index is 2.05. The van der Waals surface area contributed by atoms with E-state index in [9.17, 15) is 9.59 Å². The van der Waals surface area contributed by atoms with Crippen molar-refractivity contribution in [2.24, 2.45) is 0 Å². The van der Waals surface area contributed by atoms with Crippen molar-refractivity contribution in [1.82, 2.24) is 20.4 Å². The van der Waals surface area contributed by atoms with E-state index in [2.05, 4.69) is 22.4 Å². The molecule has 2 N–H and O–H groups in total. The molecular weight excluding hydrogens is 256 g/mol. The van der Waals surface area contributed by atoms with Gasteiger partial charge in [-0.2, -0.15) is 5.10 Å². The first-order valence-electron chi connectivity index (χ1n) is 7.29. The van der Waals surface area contributed by atoms with Crippen LogP contribution in [-0.4, -0.2) is 46.7 Å². The lowest BCUT2D eigenvalue weighted by molar-refractivity contribution is 0.0732. The summed E-state index contributed by atoms with van der Waals surface area (Å²) >= 11 is 0. The van der Waals surface area contributed by atoms with Crippen LogP contribution in [0.2, 0.25) is 0 Å². The molecule has 1 amide bonds. The smallest absolute Gasteiger partial charge is 0.274 e. The van der Waals surface area contributed by atoms with Crippen LogP contribution >= 0.6 is 0 Å². The largest absolute Gasteiger partial charge is 0.336 e. The molecule has 1 aliphatic heterocycles. The van der Waals surface area contributed by atoms with Crippen LogP contribution in [0.25, 0.3) is 0 Å². The molecule has 1 unspecified atom stereocenters. The van der Waals surface area contributed by atoms with Crippen molar-refractivity contribution in [3.05, 3.63) is 28.2 Å². The number of unbranched alkanes of at least 4 members (excludes halogenated alkanes) is 1. The van der Waals surface area contributed by atoms with Crippen molar-refractivity contribution in [2.75, 3.05) is 19.6 Å². The Morgan fingerprint density at radius 2 is 2.35 bits per heavy atom. The van der Waals surface area contributed by atoms with Crippen molar-refractivity contribution in [3.63, 3.8) is 0 Å². The molecular formula is C14H22N4O2. The van der Waals surface area contributed by atoms with Crippen molar-refractivity contribution in [3.8, 4) is 0 Å². The maximum absolute atomic E-state index is 12.5. The molecule has 6 heteroatoms. The molecule has 2 heterocycles. The number of hydrogen-bond acceptors (Lipinski definition) is 4. The number of hydrogen-bond donors (Lipinski definition) is 2. The maximum atomic E-state index is 12.5. The number of H-pyrrole nitrogens is 1. The van der Waals surface area contributed by atoms with E-state index in [0.717, 1.165) is 38.8 Å². The van der Waals surface area contributed by atoms with Gasteiger partial charge in [0.15, 0.2) is 0 Å². The van der Waals surface area contributed by atoms with Crippen molar-refractivity contribution in [2.45, 2.75) is 38.6 Å². The van der Waals surface area contributed by atoms with E-state index < -0.39 is 0 Å². The Morgan fingerprint density at radius 3 is 2.95 bits per heavy atom. The summed E-state index contributed by atoms with van der Waals surface area (Å²) < 4.78 is 0. The maximum Gasteiger partial charge on any atom is 0.274 e. The number of carbonyl (C=O) groups excluding carboxylic acids is 1. The van der Waals surface area contributed by atoms with Crippen LogP contribution in [0.4, 0.5) is 0 Å². The Kier molecular flexibility index (Phi) is 5.29.